The van der Waals surface area contributed by atoms with Crippen molar-refractivity contribution < 1.29 is 149 Å². The summed E-state index contributed by atoms with van der Waals surface area (Å²) in [5, 5.41) is 195. The Hall–Kier alpha value is -1.20. The van der Waals surface area contributed by atoms with Crippen LogP contribution in [0.2, 0.25) is 0 Å². The molecular formula is C36H60O30. The van der Waals surface area contributed by atoms with E-state index >= 15 is 0 Å². The first kappa shape index (κ1) is 52.6. The van der Waals surface area contributed by atoms with Crippen LogP contribution in [0.1, 0.15) is 0 Å². The Morgan fingerprint density at radius 2 is 0.364 bits per heavy atom. The summed E-state index contributed by atoms with van der Waals surface area (Å²) in [7, 11) is 0. The fourth-order valence-electron chi connectivity index (χ4n) is 9.05. The Morgan fingerprint density at radius 3 is 0.455 bits per heavy atom. The number of hydrogen-bond donors (Lipinski definition) is 18. The molecule has 7 rings (SSSR count). The van der Waals surface area contributed by atoms with E-state index in [2.05, 4.69) is 0 Å². The molecule has 0 radical (unpaired) electrons. The van der Waals surface area contributed by atoms with Crippen molar-refractivity contribution in [2.45, 2.75) is 145 Å². The molecule has 0 aromatic heterocycles. The first-order valence-electron chi connectivity index (χ1n) is 20.9. The molecule has 0 aromatic carbocycles. The third-order valence-corrected chi connectivity index (χ3v) is 13.2. The highest BCUT2D eigenvalue weighted by atomic mass is 16.8. The normalized spacial score (nSPS) is 55.4. The lowest BCUT2D eigenvalue weighted by Crippen LogP contribution is -2.62. The van der Waals surface area contributed by atoms with Crippen molar-refractivity contribution in [3.05, 3.63) is 0 Å². The second-order valence-electron chi connectivity index (χ2n) is 17.2. The average Bonchev–Trinajstić information content (AvgIpc) is 4.05. The van der Waals surface area contributed by atoms with Crippen LogP contribution in [0.15, 0.2) is 0 Å². The van der Waals surface area contributed by atoms with Crippen molar-refractivity contribution >= 4 is 0 Å². The van der Waals surface area contributed by atoms with Crippen LogP contribution in [-0.2, 0) is 56.8 Å². The Kier molecular flexibility index (Phi) is 15.8. The second kappa shape index (κ2) is 19.8. The van der Waals surface area contributed by atoms with Crippen molar-refractivity contribution in [1.29, 1.82) is 0 Å². The van der Waals surface area contributed by atoms with Crippen molar-refractivity contribution in [3.8, 4) is 0 Å². The summed E-state index contributed by atoms with van der Waals surface area (Å²) in [6.07, 6.45) is -36.0. The molecular weight excluding hydrogens is 912 g/mol. The van der Waals surface area contributed by atoms with Crippen LogP contribution >= 0.6 is 0 Å². The molecule has 18 N–H and O–H groups in total. The zero-order chi connectivity index (χ0) is 48.4. The maximum atomic E-state index is 11.5. The molecule has 30 heteroatoms. The van der Waals surface area contributed by atoms with Gasteiger partial charge in [0.25, 0.3) is 0 Å². The molecule has 24 atom stereocenters. The molecule has 7 saturated heterocycles. The summed E-state index contributed by atoms with van der Waals surface area (Å²) in [4.78, 5) is 0. The van der Waals surface area contributed by atoms with Crippen LogP contribution in [0.4, 0.5) is 0 Å². The van der Waals surface area contributed by atoms with Gasteiger partial charge in [-0.25, -0.2) is 0 Å². The largest absolute Gasteiger partial charge is 0.394 e. The van der Waals surface area contributed by atoms with Gasteiger partial charge in [0.15, 0.2) is 0 Å². The van der Waals surface area contributed by atoms with E-state index in [0.717, 1.165) is 0 Å². The van der Waals surface area contributed by atoms with Gasteiger partial charge in [0.1, 0.15) is 150 Å². The Balaban J connectivity index is 1.37. The van der Waals surface area contributed by atoms with Gasteiger partial charge in [-0.3, -0.25) is 0 Å². The molecule has 0 saturated carbocycles. The lowest BCUT2D eigenvalue weighted by Gasteiger charge is -2.44. The summed E-state index contributed by atoms with van der Waals surface area (Å²) in [6.45, 7) is -13.7. The topological polar surface area (TPSA) is 475 Å². The number of aliphatic hydroxyl groups is 18. The van der Waals surface area contributed by atoms with Crippen molar-refractivity contribution in [3.63, 3.8) is 0 Å². The number of rotatable bonds is 6. The zero-order valence-corrected chi connectivity index (χ0v) is 34.8. The van der Waals surface area contributed by atoms with E-state index in [1.807, 2.05) is 0 Å². The molecule has 7 aliphatic rings. The molecule has 7 aliphatic heterocycles. The van der Waals surface area contributed by atoms with E-state index in [4.69, 9.17) is 56.8 Å². The minimum atomic E-state index is -2.82. The highest BCUT2D eigenvalue weighted by molar-refractivity contribution is 5.07. The van der Waals surface area contributed by atoms with Gasteiger partial charge < -0.3 is 149 Å². The van der Waals surface area contributed by atoms with Gasteiger partial charge in [-0.15, -0.1) is 0 Å². The number of hydrogen-bond acceptors (Lipinski definition) is 30. The second-order valence-corrected chi connectivity index (χ2v) is 17.2. The Morgan fingerprint density at radius 1 is 0.242 bits per heavy atom. The summed E-state index contributed by atoms with van der Waals surface area (Å²) < 4.78 is 70.6. The van der Waals surface area contributed by atoms with Crippen molar-refractivity contribution in [2.24, 2.45) is 0 Å². The molecule has 6 unspecified atom stereocenters. The minimum absolute atomic E-state index is 1.00. The van der Waals surface area contributed by atoms with E-state index in [1.165, 1.54) is 0 Å². The molecule has 6 spiro atoms. The molecule has 0 bridgehead atoms. The summed E-state index contributed by atoms with van der Waals surface area (Å²) >= 11 is 0. The fraction of sp³-hybridized carbons (Fsp3) is 1.00. The molecule has 0 amide bonds. The maximum Gasteiger partial charge on any atom is 0.222 e. The van der Waals surface area contributed by atoms with E-state index in [-0.39, 0.29) is 0 Å². The third kappa shape index (κ3) is 8.62. The Bertz CT molecular complexity index is 1290. The monoisotopic (exact) mass is 972 g/mol. The smallest absolute Gasteiger partial charge is 0.222 e. The van der Waals surface area contributed by atoms with Crippen LogP contribution in [0, 0.1) is 0 Å². The van der Waals surface area contributed by atoms with Crippen molar-refractivity contribution in [2.75, 3.05) is 79.3 Å². The van der Waals surface area contributed by atoms with Gasteiger partial charge >= 0.3 is 0 Å². The van der Waals surface area contributed by atoms with Gasteiger partial charge in [0, 0.05) is 0 Å². The van der Waals surface area contributed by atoms with Crippen LogP contribution in [-0.4, -0.2) is 316 Å². The first-order valence-corrected chi connectivity index (χ1v) is 20.9. The molecule has 7 heterocycles. The average molecular weight is 973 g/mol. The fourth-order valence-corrected chi connectivity index (χ4v) is 9.05. The molecule has 30 nitrogen and oxygen atoms in total. The zero-order valence-electron chi connectivity index (χ0n) is 34.8. The van der Waals surface area contributed by atoms with E-state index in [1.54, 1.807) is 0 Å². The molecule has 0 aliphatic carbocycles. The van der Waals surface area contributed by atoms with E-state index in [0.29, 0.717) is 0 Å². The predicted molar refractivity (Wildman–Crippen MR) is 196 cm³/mol. The maximum absolute atomic E-state index is 11.5. The van der Waals surface area contributed by atoms with Crippen LogP contribution < -0.4 is 0 Å². The first-order chi connectivity index (χ1) is 31.2. The summed E-state index contributed by atoms with van der Waals surface area (Å²) in [6, 6.07) is 0. The van der Waals surface area contributed by atoms with Crippen molar-refractivity contribution in [1.82, 2.24) is 0 Å². The summed E-state index contributed by atoms with van der Waals surface area (Å²) in [5.41, 5.74) is 0. The standard InChI is InChI=1S/C36H60O30/c37-1-13-19(43)25(49)31(61-13)7-56-33(27(51)21(45)15(3-39)63-33)9-58-35(29(53)23(47)17(5-41)65-35)11-60-36(30(54)24(48)18(6-42)66-36)12-59-34(28(52)22(46)16(4-40)64-34)10-57-32(8-55-31)26(50)20(44)14(2-38)62-32/h13-30,37-54H,1-12H2/t13-,14-,15-,16-,17-,18-,19-,20-,21-,22-,23-,24-,25+,26+,27+,28+,29+,30+,31?,32?,33?,34?,35?,36?/m1/s1. The van der Waals surface area contributed by atoms with Gasteiger partial charge in [-0.05, 0) is 0 Å². The number of aliphatic hydroxyl groups excluding tert-OH is 18. The molecule has 7 fully saturated rings. The van der Waals surface area contributed by atoms with Crippen LogP contribution in [0.3, 0.4) is 0 Å². The summed E-state index contributed by atoms with van der Waals surface area (Å²) in [5.74, 6) is -16.9. The van der Waals surface area contributed by atoms with Gasteiger partial charge in [0.2, 0.25) is 34.7 Å². The van der Waals surface area contributed by atoms with Gasteiger partial charge in [-0.1, -0.05) is 0 Å². The molecule has 0 aromatic rings. The third-order valence-electron chi connectivity index (χ3n) is 13.2. The predicted octanol–water partition coefficient (Wildman–Crippen LogP) is -13.0. The lowest BCUT2D eigenvalue weighted by atomic mass is 10.0. The number of ether oxygens (including phenoxy) is 12. The Labute approximate surface area is 372 Å². The highest BCUT2D eigenvalue weighted by Crippen LogP contribution is 2.46. The van der Waals surface area contributed by atoms with Crippen LogP contribution in [0.25, 0.3) is 0 Å². The minimum Gasteiger partial charge on any atom is -0.394 e. The SMILES string of the molecule is OC[C@H]1OC2(COC3(COC4(COC5(COC6(COC7(CO2)O[C@H](CO)[C@@H](O)[C@@H]7O)O[C@H](CO)[C@@H](O)[C@@H]6O)O[C@H](CO)[C@@H](O)[C@@H]5O)O[C@H](CO)[C@@H](O)[C@@H]4O)O[C@H](CO)[C@@H](O)[C@@H]3O)[C@@H](O)[C@@H]1O. The van der Waals surface area contributed by atoms with E-state index in [9.17, 15) is 91.9 Å². The highest BCUT2D eigenvalue weighted by Gasteiger charge is 2.67. The van der Waals surface area contributed by atoms with Gasteiger partial charge in [-0.2, -0.15) is 0 Å². The van der Waals surface area contributed by atoms with Crippen LogP contribution in [0.5, 0.6) is 0 Å². The molecule has 384 valence electrons. The quantitative estimate of drug-likeness (QED) is 0.117. The molecule has 66 heavy (non-hydrogen) atoms. The lowest BCUT2D eigenvalue weighted by molar-refractivity contribution is -0.401. The van der Waals surface area contributed by atoms with Gasteiger partial charge in [0.05, 0.1) is 39.6 Å². The van der Waals surface area contributed by atoms with E-state index < -0.39 is 224 Å².